The Morgan fingerprint density at radius 2 is 1.85 bits per heavy atom. The standard InChI is InChI=1S/C25H32Cl2N2O3.C2H2/c1-7-20-19(11-12-22(31)32)28-15(3)23(21(30)14-25(4,5)6)24(29(20)8-2)17-10-9-16(26)13-18(17)27;1-2/h7,9-11,13,24,28H,8,12,14H2,1-6H3,(H,31,32);1-2H/b19-11+,20-7+;. The van der Waals surface area contributed by atoms with E-state index in [1.807, 2.05) is 53.7 Å². The van der Waals surface area contributed by atoms with E-state index in [-0.39, 0.29) is 17.6 Å². The monoisotopic (exact) mass is 504 g/mol. The minimum Gasteiger partial charge on any atom is -0.481 e. The SMILES string of the molecule is C#C.C/C=C1\C(=C/CC(=O)O)NC(C)=C(C(=O)CC(C)(C)C)C(c2ccc(Cl)cc2Cl)N1CC. The number of nitrogens with one attached hydrogen (secondary N) is 1. The molecule has 0 bridgehead atoms. The zero-order chi connectivity index (χ0) is 26.2. The second kappa shape index (κ2) is 12.7. The number of carboxylic acids is 1. The number of Topliss-reactive ketones (excluding diaryl/α,β-unsaturated/α-hetero) is 1. The lowest BCUT2D eigenvalue weighted by Crippen LogP contribution is -2.32. The van der Waals surface area contributed by atoms with Crippen molar-refractivity contribution in [3.05, 3.63) is 68.6 Å². The Balaban J connectivity index is 0.00000281. The maximum atomic E-state index is 13.6. The average Bonchev–Trinajstić information content (AvgIpc) is 2.85. The highest BCUT2D eigenvalue weighted by Crippen LogP contribution is 2.42. The molecule has 5 nitrogen and oxygen atoms in total. The number of hydrogen-bond donors (Lipinski definition) is 2. The Hall–Kier alpha value is -2.68. The molecule has 2 N–H and O–H groups in total. The van der Waals surface area contributed by atoms with Gasteiger partial charge in [0.15, 0.2) is 5.78 Å². The van der Waals surface area contributed by atoms with Gasteiger partial charge in [-0.3, -0.25) is 9.59 Å². The first-order valence-corrected chi connectivity index (χ1v) is 11.8. The molecule has 1 aliphatic heterocycles. The smallest absolute Gasteiger partial charge is 0.307 e. The topological polar surface area (TPSA) is 69.6 Å². The number of halogens is 2. The van der Waals surface area contributed by atoms with Crippen molar-refractivity contribution in [2.45, 2.75) is 60.4 Å². The first kappa shape index (κ1) is 29.4. The van der Waals surface area contributed by atoms with Gasteiger partial charge in [0, 0.05) is 34.3 Å². The van der Waals surface area contributed by atoms with E-state index in [2.05, 4.69) is 23.1 Å². The fourth-order valence-corrected chi connectivity index (χ4v) is 4.50. The van der Waals surface area contributed by atoms with Crippen LogP contribution in [0.3, 0.4) is 0 Å². The molecule has 0 aromatic heterocycles. The molecule has 1 unspecified atom stereocenters. The number of nitrogens with zero attached hydrogens (tertiary/aromatic N) is 1. The molecule has 34 heavy (non-hydrogen) atoms. The molecule has 1 aliphatic rings. The van der Waals surface area contributed by atoms with Crippen molar-refractivity contribution in [3.8, 4) is 12.8 Å². The Morgan fingerprint density at radius 1 is 1.24 bits per heavy atom. The Kier molecular flexibility index (Phi) is 11.0. The van der Waals surface area contributed by atoms with Gasteiger partial charge >= 0.3 is 5.97 Å². The molecule has 0 saturated carbocycles. The van der Waals surface area contributed by atoms with E-state index >= 15 is 0 Å². The highest BCUT2D eigenvalue weighted by molar-refractivity contribution is 6.35. The minimum absolute atomic E-state index is 0.0203. The zero-order valence-electron chi connectivity index (χ0n) is 20.7. The Labute approximate surface area is 213 Å². The normalized spacial score (nSPS) is 18.8. The summed E-state index contributed by atoms with van der Waals surface area (Å²) in [7, 11) is 0. The van der Waals surface area contributed by atoms with Crippen LogP contribution in [0.1, 0.15) is 66.0 Å². The summed E-state index contributed by atoms with van der Waals surface area (Å²) in [5.41, 5.74) is 3.33. The van der Waals surface area contributed by atoms with Crippen molar-refractivity contribution in [1.29, 1.82) is 0 Å². The summed E-state index contributed by atoms with van der Waals surface area (Å²) in [6.45, 7) is 12.4. The lowest BCUT2D eigenvalue weighted by atomic mass is 9.83. The summed E-state index contributed by atoms with van der Waals surface area (Å²) in [5.74, 6) is -0.906. The number of benzene rings is 1. The first-order valence-electron chi connectivity index (χ1n) is 11.0. The van der Waals surface area contributed by atoms with E-state index in [1.54, 1.807) is 18.2 Å². The van der Waals surface area contributed by atoms with Crippen LogP contribution in [0.5, 0.6) is 0 Å². The number of terminal acetylenes is 1. The average molecular weight is 505 g/mol. The number of hydrogen-bond acceptors (Lipinski definition) is 4. The van der Waals surface area contributed by atoms with Gasteiger partial charge in [0.05, 0.1) is 23.9 Å². The molecule has 1 aromatic rings. The highest BCUT2D eigenvalue weighted by Gasteiger charge is 2.36. The van der Waals surface area contributed by atoms with E-state index in [9.17, 15) is 14.7 Å². The molecular formula is C27H34Cl2N2O3. The molecule has 0 amide bonds. The number of allylic oxidation sites excluding steroid dienone is 2. The molecule has 1 aromatic carbocycles. The van der Waals surface area contributed by atoms with Crippen LogP contribution in [0.25, 0.3) is 0 Å². The minimum atomic E-state index is -0.926. The van der Waals surface area contributed by atoms with Crippen molar-refractivity contribution in [2.75, 3.05) is 6.54 Å². The molecule has 0 aliphatic carbocycles. The number of carboxylic acid groups (broad SMARTS) is 1. The number of carbonyl (C=O) groups excluding carboxylic acids is 1. The quantitative estimate of drug-likeness (QED) is 0.419. The van der Waals surface area contributed by atoms with E-state index in [1.165, 1.54) is 0 Å². The summed E-state index contributed by atoms with van der Waals surface area (Å²) in [6, 6.07) is 4.86. The predicted octanol–water partition coefficient (Wildman–Crippen LogP) is 6.75. The lowest BCUT2D eigenvalue weighted by Gasteiger charge is -2.35. The number of rotatable bonds is 6. The van der Waals surface area contributed by atoms with Crippen LogP contribution in [0.2, 0.25) is 10.0 Å². The molecular weight excluding hydrogens is 471 g/mol. The van der Waals surface area contributed by atoms with Crippen LogP contribution in [-0.4, -0.2) is 28.3 Å². The summed E-state index contributed by atoms with van der Waals surface area (Å²) in [6.07, 6.45) is 11.8. The third-order valence-electron chi connectivity index (χ3n) is 5.24. The number of likely N-dealkylation sites (N-methyl/N-ethyl adjacent to an activating group) is 1. The van der Waals surface area contributed by atoms with Gasteiger partial charge < -0.3 is 15.3 Å². The van der Waals surface area contributed by atoms with E-state index in [0.717, 1.165) is 11.3 Å². The predicted molar refractivity (Wildman–Crippen MR) is 140 cm³/mol. The summed E-state index contributed by atoms with van der Waals surface area (Å²) in [5, 5.41) is 13.5. The lowest BCUT2D eigenvalue weighted by molar-refractivity contribution is -0.136. The van der Waals surface area contributed by atoms with Crippen LogP contribution >= 0.6 is 23.2 Å². The van der Waals surface area contributed by atoms with E-state index in [4.69, 9.17) is 23.2 Å². The Bertz CT molecular complexity index is 1030. The second-order valence-electron chi connectivity index (χ2n) is 9.07. The molecule has 0 fully saturated rings. The van der Waals surface area contributed by atoms with Crippen LogP contribution in [0.15, 0.2) is 53.0 Å². The van der Waals surface area contributed by atoms with Crippen molar-refractivity contribution < 1.29 is 14.7 Å². The Morgan fingerprint density at radius 3 is 2.32 bits per heavy atom. The second-order valence-corrected chi connectivity index (χ2v) is 9.91. The van der Waals surface area contributed by atoms with Crippen LogP contribution in [0, 0.1) is 18.3 Å². The van der Waals surface area contributed by atoms with Gasteiger partial charge in [0.25, 0.3) is 0 Å². The molecule has 2 rings (SSSR count). The fourth-order valence-electron chi connectivity index (χ4n) is 3.99. The largest absolute Gasteiger partial charge is 0.481 e. The van der Waals surface area contributed by atoms with Crippen LogP contribution in [0.4, 0.5) is 0 Å². The van der Waals surface area contributed by atoms with Gasteiger partial charge in [-0.1, -0.05) is 56.1 Å². The van der Waals surface area contributed by atoms with Crippen molar-refractivity contribution in [2.24, 2.45) is 5.41 Å². The van der Waals surface area contributed by atoms with Gasteiger partial charge in [-0.25, -0.2) is 0 Å². The van der Waals surface area contributed by atoms with Crippen LogP contribution < -0.4 is 5.32 Å². The van der Waals surface area contributed by atoms with Gasteiger partial charge in [-0.2, -0.15) is 0 Å². The number of ketones is 1. The molecule has 7 heteroatoms. The maximum Gasteiger partial charge on any atom is 0.307 e. The summed E-state index contributed by atoms with van der Waals surface area (Å²) < 4.78 is 0. The first-order chi connectivity index (χ1) is 15.9. The summed E-state index contributed by atoms with van der Waals surface area (Å²) >= 11 is 12.8. The molecule has 0 spiro atoms. The van der Waals surface area contributed by atoms with Gasteiger partial charge in [-0.15, -0.1) is 12.8 Å². The van der Waals surface area contributed by atoms with Crippen LogP contribution in [-0.2, 0) is 9.59 Å². The van der Waals surface area contributed by atoms with Gasteiger partial charge in [-0.05, 0) is 50.0 Å². The molecule has 1 heterocycles. The fraction of sp³-hybridized carbons (Fsp3) is 0.407. The third-order valence-corrected chi connectivity index (χ3v) is 5.80. The van der Waals surface area contributed by atoms with Crippen molar-refractivity contribution in [3.63, 3.8) is 0 Å². The highest BCUT2D eigenvalue weighted by atomic mass is 35.5. The number of aliphatic carboxylic acids is 1. The van der Waals surface area contributed by atoms with E-state index in [0.29, 0.717) is 40.0 Å². The molecule has 184 valence electrons. The maximum absolute atomic E-state index is 13.6. The third kappa shape index (κ3) is 7.41. The van der Waals surface area contributed by atoms with Gasteiger partial charge in [0.1, 0.15) is 0 Å². The molecule has 0 radical (unpaired) electrons. The van der Waals surface area contributed by atoms with Gasteiger partial charge in [0.2, 0.25) is 0 Å². The zero-order valence-corrected chi connectivity index (χ0v) is 22.2. The van der Waals surface area contributed by atoms with Crippen molar-refractivity contribution in [1.82, 2.24) is 10.2 Å². The van der Waals surface area contributed by atoms with Crippen molar-refractivity contribution >= 4 is 35.0 Å². The summed E-state index contributed by atoms with van der Waals surface area (Å²) in [4.78, 5) is 27.0. The molecule has 0 saturated heterocycles. The molecule has 1 atom stereocenters. The van der Waals surface area contributed by atoms with E-state index < -0.39 is 12.0 Å². The number of carbonyl (C=O) groups is 2.